The number of carbonyl (C=O) groups is 1. The molecule has 6 heteroatoms. The summed E-state index contributed by atoms with van der Waals surface area (Å²) in [6.45, 7) is -0.0538. The maximum Gasteiger partial charge on any atom is 0.264 e. The molecule has 0 radical (unpaired) electrons. The molecular formula is C14H15N3O2S. The van der Waals surface area contributed by atoms with Gasteiger partial charge in [-0.2, -0.15) is 0 Å². The molecule has 5 nitrogen and oxygen atoms in total. The van der Waals surface area contributed by atoms with Crippen molar-refractivity contribution in [3.63, 3.8) is 0 Å². The fourth-order valence-corrected chi connectivity index (χ4v) is 2.63. The molecule has 104 valence electrons. The second-order valence-corrected chi connectivity index (χ2v) is 5.62. The molecule has 1 aromatic heterocycles. The Morgan fingerprint density at radius 3 is 3.10 bits per heavy atom. The quantitative estimate of drug-likeness (QED) is 0.829. The molecule has 3 rings (SSSR count). The van der Waals surface area contributed by atoms with Gasteiger partial charge in [-0.15, -0.1) is 11.3 Å². The van der Waals surface area contributed by atoms with Crippen molar-refractivity contribution in [2.45, 2.75) is 18.8 Å². The molecule has 1 heterocycles. The number of ether oxygens (including phenoxy) is 1. The van der Waals surface area contributed by atoms with E-state index in [0.29, 0.717) is 22.5 Å². The highest BCUT2D eigenvalue weighted by Gasteiger charge is 2.26. The fourth-order valence-electron chi connectivity index (χ4n) is 1.82. The topological polar surface area (TPSA) is 77.2 Å². The predicted octanol–water partition coefficient (Wildman–Crippen LogP) is 2.62. The first-order valence-electron chi connectivity index (χ1n) is 6.44. The average Bonchev–Trinajstić information content (AvgIpc) is 3.18. The third-order valence-corrected chi connectivity index (χ3v) is 3.77. The molecule has 3 N–H and O–H groups in total. The molecule has 0 atom stereocenters. The van der Waals surface area contributed by atoms with E-state index in [4.69, 9.17) is 10.5 Å². The second kappa shape index (κ2) is 5.50. The third kappa shape index (κ3) is 3.27. The lowest BCUT2D eigenvalue weighted by molar-refractivity contribution is -0.118. The summed E-state index contributed by atoms with van der Waals surface area (Å²) in [4.78, 5) is 16.2. The van der Waals surface area contributed by atoms with Crippen LogP contribution in [0.25, 0.3) is 0 Å². The zero-order valence-corrected chi connectivity index (χ0v) is 11.7. The maximum absolute atomic E-state index is 11.8. The number of hydrogen-bond acceptors (Lipinski definition) is 5. The van der Waals surface area contributed by atoms with Crippen molar-refractivity contribution in [1.29, 1.82) is 0 Å². The van der Waals surface area contributed by atoms with Crippen LogP contribution in [-0.2, 0) is 4.79 Å². The average molecular weight is 289 g/mol. The van der Waals surface area contributed by atoms with E-state index in [2.05, 4.69) is 10.3 Å². The molecule has 1 aromatic carbocycles. The molecule has 0 bridgehead atoms. The number of benzene rings is 1. The van der Waals surface area contributed by atoms with Gasteiger partial charge in [0.25, 0.3) is 5.91 Å². The number of nitrogens with zero attached hydrogens (tertiary/aromatic N) is 1. The van der Waals surface area contributed by atoms with E-state index < -0.39 is 0 Å². The Balaban J connectivity index is 1.51. The van der Waals surface area contributed by atoms with E-state index >= 15 is 0 Å². The molecule has 1 amide bonds. The second-order valence-electron chi connectivity index (χ2n) is 4.76. The first-order chi connectivity index (χ1) is 9.70. The maximum atomic E-state index is 11.8. The Hall–Kier alpha value is -2.08. The monoisotopic (exact) mass is 289 g/mol. The number of nitrogens with two attached hydrogens (primary N) is 1. The molecule has 1 fully saturated rings. The molecule has 1 aliphatic rings. The van der Waals surface area contributed by atoms with E-state index in [1.807, 2.05) is 5.38 Å². The Bertz CT molecular complexity index is 622. The molecule has 0 unspecified atom stereocenters. The smallest absolute Gasteiger partial charge is 0.264 e. The van der Waals surface area contributed by atoms with Crippen LogP contribution in [0.3, 0.4) is 0 Å². The van der Waals surface area contributed by atoms with Crippen LogP contribution in [0.5, 0.6) is 5.75 Å². The highest BCUT2D eigenvalue weighted by Crippen LogP contribution is 2.40. The van der Waals surface area contributed by atoms with Gasteiger partial charge >= 0.3 is 0 Å². The fraction of sp³-hybridized carbons (Fsp3) is 0.286. The van der Waals surface area contributed by atoms with Gasteiger partial charge in [0.2, 0.25) is 0 Å². The van der Waals surface area contributed by atoms with Gasteiger partial charge in [-0.25, -0.2) is 4.98 Å². The van der Waals surface area contributed by atoms with E-state index in [0.717, 1.165) is 5.69 Å². The Morgan fingerprint density at radius 1 is 1.50 bits per heavy atom. The van der Waals surface area contributed by atoms with E-state index in [1.165, 1.54) is 24.2 Å². The van der Waals surface area contributed by atoms with Crippen LogP contribution in [0.15, 0.2) is 29.6 Å². The predicted molar refractivity (Wildman–Crippen MR) is 79.1 cm³/mol. The number of anilines is 2. The summed E-state index contributed by atoms with van der Waals surface area (Å²) in [5, 5.41) is 5.38. The molecule has 2 aromatic rings. The van der Waals surface area contributed by atoms with E-state index in [1.54, 1.807) is 24.3 Å². The largest absolute Gasteiger partial charge is 0.484 e. The summed E-state index contributed by atoms with van der Waals surface area (Å²) < 4.78 is 5.37. The molecule has 0 spiro atoms. The van der Waals surface area contributed by atoms with Gasteiger partial charge in [0.1, 0.15) is 5.75 Å². The van der Waals surface area contributed by atoms with Crippen molar-refractivity contribution in [2.75, 3.05) is 17.7 Å². The van der Waals surface area contributed by atoms with Crippen molar-refractivity contribution < 1.29 is 9.53 Å². The SMILES string of the molecule is Nc1cccc(OCC(=O)Nc2nc(C3CC3)cs2)c1. The van der Waals surface area contributed by atoms with Gasteiger partial charge in [0.15, 0.2) is 11.7 Å². The Morgan fingerprint density at radius 2 is 2.35 bits per heavy atom. The van der Waals surface area contributed by atoms with Crippen molar-refractivity contribution in [3.05, 3.63) is 35.3 Å². The lowest BCUT2D eigenvalue weighted by Gasteiger charge is -2.06. The normalized spacial score (nSPS) is 14.0. The third-order valence-electron chi connectivity index (χ3n) is 2.99. The van der Waals surface area contributed by atoms with Crippen molar-refractivity contribution in [2.24, 2.45) is 0 Å². The van der Waals surface area contributed by atoms with Crippen LogP contribution >= 0.6 is 11.3 Å². The summed E-state index contributed by atoms with van der Waals surface area (Å²) in [5.41, 5.74) is 7.33. The number of nitrogens with one attached hydrogen (secondary N) is 1. The molecule has 0 aliphatic heterocycles. The van der Waals surface area contributed by atoms with Gasteiger partial charge in [-0.1, -0.05) is 6.07 Å². The van der Waals surface area contributed by atoms with E-state index in [9.17, 15) is 4.79 Å². The van der Waals surface area contributed by atoms with Crippen LogP contribution in [0.2, 0.25) is 0 Å². The lowest BCUT2D eigenvalue weighted by Crippen LogP contribution is -2.20. The highest BCUT2D eigenvalue weighted by molar-refractivity contribution is 7.13. The van der Waals surface area contributed by atoms with Crippen LogP contribution in [0.1, 0.15) is 24.5 Å². The lowest BCUT2D eigenvalue weighted by atomic mass is 10.3. The number of amides is 1. The molecular weight excluding hydrogens is 274 g/mol. The number of hydrogen-bond donors (Lipinski definition) is 2. The van der Waals surface area contributed by atoms with Crippen LogP contribution in [0.4, 0.5) is 10.8 Å². The zero-order chi connectivity index (χ0) is 13.9. The number of carbonyl (C=O) groups excluding carboxylic acids is 1. The Kier molecular flexibility index (Phi) is 3.56. The van der Waals surface area contributed by atoms with Gasteiger partial charge in [0.05, 0.1) is 5.69 Å². The van der Waals surface area contributed by atoms with Crippen LogP contribution in [-0.4, -0.2) is 17.5 Å². The zero-order valence-electron chi connectivity index (χ0n) is 10.8. The number of nitrogen functional groups attached to an aromatic ring is 1. The minimum absolute atomic E-state index is 0.0538. The van der Waals surface area contributed by atoms with Crippen LogP contribution < -0.4 is 15.8 Å². The number of aromatic nitrogens is 1. The highest BCUT2D eigenvalue weighted by atomic mass is 32.1. The summed E-state index contributed by atoms with van der Waals surface area (Å²) in [6, 6.07) is 6.99. The van der Waals surface area contributed by atoms with Crippen molar-refractivity contribution >= 4 is 28.1 Å². The number of rotatable bonds is 5. The summed E-state index contributed by atoms with van der Waals surface area (Å²) in [6.07, 6.45) is 2.41. The molecule has 1 aliphatic carbocycles. The standard InChI is InChI=1S/C14H15N3O2S/c15-10-2-1-3-11(6-10)19-7-13(18)17-14-16-12(8-20-14)9-4-5-9/h1-3,6,8-9H,4-5,7,15H2,(H,16,17,18). The molecule has 20 heavy (non-hydrogen) atoms. The van der Waals surface area contributed by atoms with Gasteiger partial charge in [-0.3, -0.25) is 10.1 Å². The van der Waals surface area contributed by atoms with Gasteiger partial charge in [-0.05, 0) is 25.0 Å². The minimum atomic E-state index is -0.218. The van der Waals surface area contributed by atoms with Gasteiger partial charge < -0.3 is 10.5 Å². The van der Waals surface area contributed by atoms with Crippen LogP contribution in [0, 0.1) is 0 Å². The summed E-state index contributed by atoms with van der Waals surface area (Å²) in [5.74, 6) is 0.961. The Labute approximate surface area is 120 Å². The van der Waals surface area contributed by atoms with E-state index in [-0.39, 0.29) is 12.5 Å². The summed E-state index contributed by atoms with van der Waals surface area (Å²) in [7, 11) is 0. The summed E-state index contributed by atoms with van der Waals surface area (Å²) >= 11 is 1.45. The van der Waals surface area contributed by atoms with Crippen molar-refractivity contribution in [3.8, 4) is 5.75 Å². The minimum Gasteiger partial charge on any atom is -0.484 e. The first-order valence-corrected chi connectivity index (χ1v) is 7.32. The number of thiazole rings is 1. The van der Waals surface area contributed by atoms with Gasteiger partial charge in [0, 0.05) is 23.1 Å². The first kappa shape index (κ1) is 12.9. The van der Waals surface area contributed by atoms with Crippen molar-refractivity contribution in [1.82, 2.24) is 4.98 Å². The molecule has 1 saturated carbocycles. The molecule has 0 saturated heterocycles.